The number of phenols is 1. The fourth-order valence-corrected chi connectivity index (χ4v) is 2.38. The molecule has 0 radical (unpaired) electrons. The van der Waals surface area contributed by atoms with Crippen LogP contribution in [0.1, 0.15) is 39.2 Å². The molecule has 2 atom stereocenters. The molecule has 28 heavy (non-hydrogen) atoms. The number of phenolic OH excluding ortho intramolecular Hbond substituents is 1. The van der Waals surface area contributed by atoms with Gasteiger partial charge in [0.05, 0.1) is 6.04 Å². The number of nitrogens with one attached hydrogen (secondary N) is 1. The molecule has 8 N–H and O–H groups in total. The summed E-state index contributed by atoms with van der Waals surface area (Å²) in [5.74, 6) is -0.908. The number of aromatic hydroxyl groups is 1. The van der Waals surface area contributed by atoms with E-state index in [-0.39, 0.29) is 18.1 Å². The third-order valence-electron chi connectivity index (χ3n) is 3.68. The van der Waals surface area contributed by atoms with E-state index >= 15 is 0 Å². The zero-order valence-electron chi connectivity index (χ0n) is 16.6. The first-order chi connectivity index (χ1) is 13.0. The molecule has 1 amide bonds. The predicted octanol–water partition coefficient (Wildman–Crippen LogP) is 0.142. The minimum atomic E-state index is -0.855. The summed E-state index contributed by atoms with van der Waals surface area (Å²) in [4.78, 5) is 28.8. The Balaban J connectivity index is 2.72. The van der Waals surface area contributed by atoms with Crippen molar-refractivity contribution in [3.63, 3.8) is 0 Å². The average molecular weight is 393 g/mol. The van der Waals surface area contributed by atoms with Gasteiger partial charge in [0, 0.05) is 6.54 Å². The second-order valence-corrected chi connectivity index (χ2v) is 7.52. The first kappa shape index (κ1) is 23.2. The van der Waals surface area contributed by atoms with Crippen LogP contribution in [0.4, 0.5) is 0 Å². The number of ether oxygens (including phenoxy) is 1. The van der Waals surface area contributed by atoms with E-state index in [0.29, 0.717) is 19.4 Å². The van der Waals surface area contributed by atoms with Crippen LogP contribution < -0.4 is 22.5 Å². The van der Waals surface area contributed by atoms with Crippen molar-refractivity contribution in [2.75, 3.05) is 6.54 Å². The Labute approximate surface area is 165 Å². The highest BCUT2D eigenvalue weighted by molar-refractivity contribution is 5.87. The Morgan fingerprint density at radius 1 is 1.21 bits per heavy atom. The van der Waals surface area contributed by atoms with Crippen molar-refractivity contribution in [3.8, 4) is 5.75 Å². The van der Waals surface area contributed by atoms with Gasteiger partial charge in [-0.3, -0.25) is 9.79 Å². The van der Waals surface area contributed by atoms with Crippen LogP contribution in [0.25, 0.3) is 0 Å². The van der Waals surface area contributed by atoms with E-state index in [1.54, 1.807) is 32.9 Å². The number of guanidine groups is 1. The van der Waals surface area contributed by atoms with Crippen molar-refractivity contribution in [1.82, 2.24) is 5.32 Å². The van der Waals surface area contributed by atoms with E-state index in [9.17, 15) is 14.7 Å². The second-order valence-electron chi connectivity index (χ2n) is 7.52. The molecule has 0 aromatic heterocycles. The molecule has 1 aromatic rings. The summed E-state index contributed by atoms with van der Waals surface area (Å²) in [7, 11) is 0. The maximum Gasteiger partial charge on any atom is 0.329 e. The minimum absolute atomic E-state index is 0.0335. The molecule has 0 aliphatic carbocycles. The molecular weight excluding hydrogens is 362 g/mol. The van der Waals surface area contributed by atoms with Crippen LogP contribution in [0.15, 0.2) is 29.3 Å². The highest BCUT2D eigenvalue weighted by atomic mass is 16.6. The number of carbonyl (C=O) groups excluding carboxylic acids is 2. The summed E-state index contributed by atoms with van der Waals surface area (Å²) in [6.45, 7) is 5.58. The van der Waals surface area contributed by atoms with Gasteiger partial charge in [-0.25, -0.2) is 4.79 Å². The summed E-state index contributed by atoms with van der Waals surface area (Å²) in [5.41, 5.74) is 16.7. The smallest absolute Gasteiger partial charge is 0.329 e. The van der Waals surface area contributed by atoms with Crippen LogP contribution in [0, 0.1) is 0 Å². The van der Waals surface area contributed by atoms with Crippen LogP contribution in [-0.4, -0.2) is 47.2 Å². The van der Waals surface area contributed by atoms with Gasteiger partial charge >= 0.3 is 5.97 Å². The maximum absolute atomic E-state index is 12.5. The first-order valence-electron chi connectivity index (χ1n) is 9.10. The maximum atomic E-state index is 12.5. The Morgan fingerprint density at radius 3 is 2.36 bits per heavy atom. The number of benzene rings is 1. The standard InChI is InChI=1S/C19H31N5O4/c1-19(2,3)28-17(27)15(5-4-10-23-18(21)22)24-16(26)14(20)11-12-6-8-13(25)9-7-12/h6-9,14-15,25H,4-5,10-11,20H2,1-3H3,(H,24,26)(H4,21,22,23)/t14-,15-/m0/s1. The molecule has 0 spiro atoms. The number of hydrogen-bond acceptors (Lipinski definition) is 6. The Morgan fingerprint density at radius 2 is 1.82 bits per heavy atom. The number of rotatable bonds is 9. The third kappa shape index (κ3) is 9.22. The molecule has 1 aromatic carbocycles. The molecule has 9 nitrogen and oxygen atoms in total. The van der Waals surface area contributed by atoms with E-state index in [1.807, 2.05) is 0 Å². The third-order valence-corrected chi connectivity index (χ3v) is 3.68. The van der Waals surface area contributed by atoms with Gasteiger partial charge in [-0.05, 0) is 57.7 Å². The molecule has 0 bridgehead atoms. The Bertz CT molecular complexity index is 679. The molecule has 156 valence electrons. The lowest BCUT2D eigenvalue weighted by atomic mass is 10.0. The number of carbonyl (C=O) groups is 2. The molecular formula is C19H31N5O4. The minimum Gasteiger partial charge on any atom is -0.508 e. The lowest BCUT2D eigenvalue weighted by Gasteiger charge is -2.25. The Kier molecular flexibility index (Phi) is 8.72. The molecule has 0 heterocycles. The summed E-state index contributed by atoms with van der Waals surface area (Å²) in [6, 6.07) is 4.70. The normalized spacial score (nSPS) is 13.3. The molecule has 0 fully saturated rings. The van der Waals surface area contributed by atoms with Crippen LogP contribution in [0.5, 0.6) is 5.75 Å². The molecule has 0 aliphatic heterocycles. The zero-order valence-corrected chi connectivity index (χ0v) is 16.6. The van der Waals surface area contributed by atoms with Crippen molar-refractivity contribution in [3.05, 3.63) is 29.8 Å². The number of nitrogens with zero attached hydrogens (tertiary/aromatic N) is 1. The highest BCUT2D eigenvalue weighted by Crippen LogP contribution is 2.13. The van der Waals surface area contributed by atoms with E-state index in [1.165, 1.54) is 12.1 Å². The van der Waals surface area contributed by atoms with Crippen molar-refractivity contribution in [2.45, 2.75) is 57.7 Å². The second kappa shape index (κ2) is 10.5. The van der Waals surface area contributed by atoms with Crippen LogP contribution >= 0.6 is 0 Å². The van der Waals surface area contributed by atoms with Crippen molar-refractivity contribution in [2.24, 2.45) is 22.2 Å². The number of nitrogens with two attached hydrogens (primary N) is 3. The number of esters is 1. The van der Waals surface area contributed by atoms with Gasteiger partial charge in [-0.15, -0.1) is 0 Å². The van der Waals surface area contributed by atoms with E-state index in [0.717, 1.165) is 5.56 Å². The quantitative estimate of drug-likeness (QED) is 0.172. The van der Waals surface area contributed by atoms with Gasteiger partial charge in [0.25, 0.3) is 0 Å². The van der Waals surface area contributed by atoms with Crippen LogP contribution in [0.3, 0.4) is 0 Å². The summed E-state index contributed by atoms with van der Waals surface area (Å²) in [6.07, 6.45) is 1.06. The zero-order chi connectivity index (χ0) is 21.3. The highest BCUT2D eigenvalue weighted by Gasteiger charge is 2.28. The molecule has 9 heteroatoms. The van der Waals surface area contributed by atoms with E-state index < -0.39 is 29.6 Å². The molecule has 0 aliphatic rings. The van der Waals surface area contributed by atoms with Gasteiger partial charge in [0.1, 0.15) is 17.4 Å². The molecule has 0 unspecified atom stereocenters. The van der Waals surface area contributed by atoms with E-state index in [4.69, 9.17) is 21.9 Å². The predicted molar refractivity (Wildman–Crippen MR) is 107 cm³/mol. The monoisotopic (exact) mass is 393 g/mol. The number of aliphatic imine (C=N–C) groups is 1. The lowest BCUT2D eigenvalue weighted by Crippen LogP contribution is -2.50. The molecule has 1 rings (SSSR count). The average Bonchev–Trinajstić information content (AvgIpc) is 2.57. The SMILES string of the molecule is CC(C)(C)OC(=O)[C@H](CCCN=C(N)N)NC(=O)[C@@H](N)Cc1ccc(O)cc1. The largest absolute Gasteiger partial charge is 0.508 e. The summed E-state index contributed by atoms with van der Waals surface area (Å²) in [5, 5.41) is 12.0. The lowest BCUT2D eigenvalue weighted by molar-refractivity contribution is -0.159. The van der Waals surface area contributed by atoms with Gasteiger partial charge in [0.15, 0.2) is 5.96 Å². The van der Waals surface area contributed by atoms with Crippen LogP contribution in [-0.2, 0) is 20.7 Å². The summed E-state index contributed by atoms with van der Waals surface area (Å²) >= 11 is 0. The van der Waals surface area contributed by atoms with Crippen molar-refractivity contribution >= 4 is 17.8 Å². The van der Waals surface area contributed by atoms with Gasteiger partial charge in [0.2, 0.25) is 5.91 Å². The Hall–Kier alpha value is -2.81. The topological polar surface area (TPSA) is 166 Å². The van der Waals surface area contributed by atoms with Crippen molar-refractivity contribution < 1.29 is 19.4 Å². The van der Waals surface area contributed by atoms with Gasteiger partial charge in [-0.2, -0.15) is 0 Å². The molecule has 0 saturated carbocycles. The van der Waals surface area contributed by atoms with E-state index in [2.05, 4.69) is 10.3 Å². The fourth-order valence-electron chi connectivity index (χ4n) is 2.38. The fraction of sp³-hybridized carbons (Fsp3) is 0.526. The van der Waals surface area contributed by atoms with Crippen molar-refractivity contribution in [1.29, 1.82) is 0 Å². The van der Waals surface area contributed by atoms with Gasteiger partial charge in [-0.1, -0.05) is 12.1 Å². The van der Waals surface area contributed by atoms with Gasteiger partial charge < -0.3 is 32.4 Å². The summed E-state index contributed by atoms with van der Waals surface area (Å²) < 4.78 is 5.38. The first-order valence-corrected chi connectivity index (χ1v) is 9.10. The van der Waals surface area contributed by atoms with Crippen LogP contribution in [0.2, 0.25) is 0 Å². The number of amides is 1. The molecule has 0 saturated heterocycles. The number of hydrogen-bond donors (Lipinski definition) is 5.